The first-order valence-corrected chi connectivity index (χ1v) is 3.73. The maximum atomic E-state index is 12.2. The zero-order valence-corrected chi connectivity index (χ0v) is 6.55. The van der Waals surface area contributed by atoms with Gasteiger partial charge in [-0.1, -0.05) is 0 Å². The average Bonchev–Trinajstić information content (AvgIpc) is 2.05. The molecule has 11 heavy (non-hydrogen) atoms. The van der Waals surface area contributed by atoms with Crippen LogP contribution in [0.2, 0.25) is 0 Å². The highest BCUT2D eigenvalue weighted by atomic mass is 19.1. The molecule has 0 saturated carbocycles. The Kier molecular flexibility index (Phi) is 2.96. The summed E-state index contributed by atoms with van der Waals surface area (Å²) in [5.74, 6) is 0. The van der Waals surface area contributed by atoms with Crippen LogP contribution in [0.25, 0.3) is 0 Å². The molecule has 1 unspecified atom stereocenters. The number of carbonyl (C=O) groups is 1. The number of nitrogens with zero attached hydrogens (tertiary/aromatic N) is 1. The molecule has 1 heterocycles. The highest BCUT2D eigenvalue weighted by Gasteiger charge is 2.22. The van der Waals surface area contributed by atoms with Crippen molar-refractivity contribution in [3.05, 3.63) is 0 Å². The van der Waals surface area contributed by atoms with Crippen LogP contribution in [-0.4, -0.2) is 43.3 Å². The lowest BCUT2D eigenvalue weighted by molar-refractivity contribution is -0.136. The minimum atomic E-state index is -1.26. The predicted octanol–water partition coefficient (Wildman–Crippen LogP) is 0.203. The van der Waals surface area contributed by atoms with Crippen molar-refractivity contribution in [1.29, 1.82) is 0 Å². The van der Waals surface area contributed by atoms with Gasteiger partial charge < -0.3 is 4.74 Å². The van der Waals surface area contributed by atoms with Crippen LogP contribution in [0.4, 0.5) is 4.39 Å². The number of halogens is 1. The van der Waals surface area contributed by atoms with Gasteiger partial charge >= 0.3 is 6.04 Å². The van der Waals surface area contributed by atoms with Crippen molar-refractivity contribution in [2.24, 2.45) is 0 Å². The Labute approximate surface area is 65.1 Å². The summed E-state index contributed by atoms with van der Waals surface area (Å²) in [7, 11) is 0. The van der Waals surface area contributed by atoms with Crippen molar-refractivity contribution in [1.82, 2.24) is 4.90 Å². The lowest BCUT2D eigenvalue weighted by Gasteiger charge is -2.29. The van der Waals surface area contributed by atoms with Gasteiger partial charge in [-0.05, 0) is 6.92 Å². The number of ether oxygens (including phenoxy) is 1. The molecule has 1 rings (SSSR count). The summed E-state index contributed by atoms with van der Waals surface area (Å²) in [6.07, 6.45) is 0. The summed E-state index contributed by atoms with van der Waals surface area (Å²) in [4.78, 5) is 12.1. The van der Waals surface area contributed by atoms with Gasteiger partial charge in [-0.15, -0.1) is 0 Å². The fourth-order valence-electron chi connectivity index (χ4n) is 1.11. The van der Waals surface area contributed by atoms with E-state index in [4.69, 9.17) is 4.74 Å². The van der Waals surface area contributed by atoms with E-state index in [9.17, 15) is 9.18 Å². The van der Waals surface area contributed by atoms with Gasteiger partial charge in [0.05, 0.1) is 19.3 Å². The third kappa shape index (κ3) is 2.24. The molecule has 0 N–H and O–H groups in total. The van der Waals surface area contributed by atoms with Gasteiger partial charge in [0, 0.05) is 13.1 Å². The molecule has 1 aliphatic heterocycles. The monoisotopic (exact) mass is 161 g/mol. The number of hydrogen-bond donors (Lipinski definition) is 0. The van der Waals surface area contributed by atoms with Crippen LogP contribution in [0.3, 0.4) is 0 Å². The molecule has 0 bridgehead atoms. The van der Waals surface area contributed by atoms with Crippen molar-refractivity contribution in [2.45, 2.75) is 13.0 Å². The molecule has 1 aliphatic rings. The van der Waals surface area contributed by atoms with Crippen molar-refractivity contribution >= 4 is 6.04 Å². The molecule has 0 aromatic heterocycles. The molecular weight excluding hydrogens is 149 g/mol. The SMILES string of the molecule is CC(C(=O)F)N1CCOCC1. The Morgan fingerprint density at radius 2 is 2.09 bits per heavy atom. The molecule has 0 aromatic carbocycles. The van der Waals surface area contributed by atoms with E-state index in [-0.39, 0.29) is 0 Å². The molecule has 64 valence electrons. The molecule has 0 amide bonds. The van der Waals surface area contributed by atoms with Crippen molar-refractivity contribution < 1.29 is 13.9 Å². The van der Waals surface area contributed by atoms with Crippen LogP contribution in [0.15, 0.2) is 0 Å². The molecule has 4 heteroatoms. The van der Waals surface area contributed by atoms with Crippen LogP contribution in [-0.2, 0) is 9.53 Å². The van der Waals surface area contributed by atoms with Gasteiger partial charge in [0.2, 0.25) is 0 Å². The number of hydrogen-bond acceptors (Lipinski definition) is 3. The first-order chi connectivity index (χ1) is 5.22. The highest BCUT2D eigenvalue weighted by molar-refractivity contribution is 5.73. The van der Waals surface area contributed by atoms with Crippen LogP contribution in [0.1, 0.15) is 6.92 Å². The normalized spacial score (nSPS) is 23.1. The molecule has 1 saturated heterocycles. The standard InChI is InChI=1S/C7H12FNO2/c1-6(7(8)10)9-2-4-11-5-3-9/h6H,2-5H2,1H3. The van der Waals surface area contributed by atoms with Gasteiger partial charge in [-0.2, -0.15) is 4.39 Å². The van der Waals surface area contributed by atoms with E-state index in [1.54, 1.807) is 11.8 Å². The van der Waals surface area contributed by atoms with Gasteiger partial charge in [-0.25, -0.2) is 0 Å². The third-order valence-corrected chi connectivity index (χ3v) is 1.92. The van der Waals surface area contributed by atoms with E-state index in [2.05, 4.69) is 0 Å². The summed E-state index contributed by atoms with van der Waals surface area (Å²) in [5.41, 5.74) is 0. The summed E-state index contributed by atoms with van der Waals surface area (Å²) in [6.45, 7) is 4.07. The molecule has 0 radical (unpaired) electrons. The van der Waals surface area contributed by atoms with E-state index in [0.717, 1.165) is 0 Å². The second-order valence-electron chi connectivity index (χ2n) is 2.63. The Bertz CT molecular complexity index is 145. The summed E-state index contributed by atoms with van der Waals surface area (Å²) in [6, 6.07) is -1.86. The first-order valence-electron chi connectivity index (χ1n) is 3.73. The number of morpholine rings is 1. The fraction of sp³-hybridized carbons (Fsp3) is 0.857. The lowest BCUT2D eigenvalue weighted by atomic mass is 10.3. The summed E-state index contributed by atoms with van der Waals surface area (Å²) in [5, 5.41) is 0. The van der Waals surface area contributed by atoms with Gasteiger partial charge in [0.15, 0.2) is 0 Å². The van der Waals surface area contributed by atoms with Crippen LogP contribution in [0, 0.1) is 0 Å². The Balaban J connectivity index is 2.38. The molecule has 0 aliphatic carbocycles. The Hall–Kier alpha value is -0.480. The smallest absolute Gasteiger partial charge is 0.318 e. The minimum Gasteiger partial charge on any atom is -0.379 e. The molecular formula is C7H12FNO2. The van der Waals surface area contributed by atoms with E-state index >= 15 is 0 Å². The lowest BCUT2D eigenvalue weighted by Crippen LogP contribution is -2.44. The maximum absolute atomic E-state index is 12.2. The molecule has 1 atom stereocenters. The molecule has 0 aromatic rings. The second kappa shape index (κ2) is 3.78. The van der Waals surface area contributed by atoms with E-state index in [1.807, 2.05) is 0 Å². The van der Waals surface area contributed by atoms with E-state index < -0.39 is 12.1 Å². The average molecular weight is 161 g/mol. The van der Waals surface area contributed by atoms with Crippen LogP contribution < -0.4 is 0 Å². The quantitative estimate of drug-likeness (QED) is 0.542. The highest BCUT2D eigenvalue weighted by Crippen LogP contribution is 2.04. The third-order valence-electron chi connectivity index (χ3n) is 1.92. The topological polar surface area (TPSA) is 29.5 Å². The Morgan fingerprint density at radius 3 is 2.55 bits per heavy atom. The van der Waals surface area contributed by atoms with Crippen molar-refractivity contribution in [3.63, 3.8) is 0 Å². The van der Waals surface area contributed by atoms with E-state index in [1.165, 1.54) is 0 Å². The van der Waals surface area contributed by atoms with Crippen molar-refractivity contribution in [2.75, 3.05) is 26.3 Å². The zero-order valence-electron chi connectivity index (χ0n) is 6.55. The maximum Gasteiger partial charge on any atom is 0.318 e. The largest absolute Gasteiger partial charge is 0.379 e. The summed E-state index contributed by atoms with van der Waals surface area (Å²) < 4.78 is 17.2. The van der Waals surface area contributed by atoms with Gasteiger partial charge in [0.25, 0.3) is 0 Å². The van der Waals surface area contributed by atoms with Crippen LogP contribution >= 0.6 is 0 Å². The number of rotatable bonds is 2. The summed E-state index contributed by atoms with van der Waals surface area (Å²) >= 11 is 0. The van der Waals surface area contributed by atoms with Crippen molar-refractivity contribution in [3.8, 4) is 0 Å². The predicted molar refractivity (Wildman–Crippen MR) is 38.0 cm³/mol. The number of carbonyl (C=O) groups excluding carboxylic acids is 1. The second-order valence-corrected chi connectivity index (χ2v) is 2.63. The molecule has 3 nitrogen and oxygen atoms in total. The fourth-order valence-corrected chi connectivity index (χ4v) is 1.11. The molecule has 0 spiro atoms. The van der Waals surface area contributed by atoms with Gasteiger partial charge in [-0.3, -0.25) is 9.69 Å². The molecule has 1 fully saturated rings. The van der Waals surface area contributed by atoms with Gasteiger partial charge in [0.1, 0.15) is 0 Å². The minimum absolute atomic E-state index is 0.595. The van der Waals surface area contributed by atoms with Crippen LogP contribution in [0.5, 0.6) is 0 Å². The van der Waals surface area contributed by atoms with E-state index in [0.29, 0.717) is 26.3 Å². The zero-order chi connectivity index (χ0) is 8.27. The first kappa shape index (κ1) is 8.62. The Morgan fingerprint density at radius 1 is 1.55 bits per heavy atom.